The molecule has 0 N–H and O–H groups in total. The highest BCUT2D eigenvalue weighted by Gasteiger charge is 2.21. The highest BCUT2D eigenvalue weighted by molar-refractivity contribution is 5.96. The van der Waals surface area contributed by atoms with Crippen molar-refractivity contribution in [2.24, 2.45) is 0 Å². The first kappa shape index (κ1) is 12.1. The summed E-state index contributed by atoms with van der Waals surface area (Å²) in [5.41, 5.74) is 5.26. The summed E-state index contributed by atoms with van der Waals surface area (Å²) in [4.78, 5) is 16.3. The van der Waals surface area contributed by atoms with E-state index in [0.717, 1.165) is 28.1 Å². The van der Waals surface area contributed by atoms with Crippen LogP contribution in [0.4, 0.5) is 0 Å². The van der Waals surface area contributed by atoms with Crippen LogP contribution >= 0.6 is 0 Å². The second kappa shape index (κ2) is 4.42. The number of methoxy groups -OCH3 is 1. The zero-order valence-corrected chi connectivity index (χ0v) is 11.6. The predicted octanol–water partition coefficient (Wildman–Crippen LogP) is 1.45. The van der Waals surface area contributed by atoms with E-state index in [0.29, 0.717) is 5.56 Å². The number of fused-ring (bicyclic) bond motifs is 3. The van der Waals surface area contributed by atoms with Gasteiger partial charge in [0.05, 0.1) is 18.4 Å². The summed E-state index contributed by atoms with van der Waals surface area (Å²) in [7, 11) is 1.41. The van der Waals surface area contributed by atoms with Crippen molar-refractivity contribution >= 4 is 23.7 Å². The molecule has 0 saturated carbocycles. The standard InChI is InChI=1S/C18H13NO2/c1-21-18(20)14-6-2-5-13-15-8-11-4-3-7-19-17(11)10-12(15)9-16(13)14/h2-7,9-10H,8H2,1H3. The average molecular weight is 275 g/mol. The SMILES string of the molecule is COC(=O)c1cccc2c1=CC1=Cc3ncccc3CC=21. The quantitative estimate of drug-likeness (QED) is 0.740. The van der Waals surface area contributed by atoms with Crippen LogP contribution < -0.4 is 10.4 Å². The van der Waals surface area contributed by atoms with Crippen molar-refractivity contribution in [3.8, 4) is 0 Å². The van der Waals surface area contributed by atoms with Crippen molar-refractivity contribution < 1.29 is 9.53 Å². The van der Waals surface area contributed by atoms with Gasteiger partial charge in [0, 0.05) is 12.6 Å². The van der Waals surface area contributed by atoms with Crippen LogP contribution in [0.5, 0.6) is 0 Å². The molecule has 0 spiro atoms. The van der Waals surface area contributed by atoms with Crippen molar-refractivity contribution in [1.82, 2.24) is 4.98 Å². The Bertz CT molecular complexity index is 922. The van der Waals surface area contributed by atoms with Crippen LogP contribution in [0.2, 0.25) is 0 Å². The van der Waals surface area contributed by atoms with Crippen LogP contribution in [0.15, 0.2) is 42.1 Å². The molecule has 4 rings (SSSR count). The minimum Gasteiger partial charge on any atom is -0.465 e. The monoisotopic (exact) mass is 275 g/mol. The molecule has 0 atom stereocenters. The molecule has 0 bridgehead atoms. The highest BCUT2D eigenvalue weighted by atomic mass is 16.5. The Morgan fingerprint density at radius 2 is 2.10 bits per heavy atom. The third-order valence-electron chi connectivity index (χ3n) is 4.07. The lowest BCUT2D eigenvalue weighted by molar-refractivity contribution is 0.0599. The van der Waals surface area contributed by atoms with Crippen LogP contribution in [0, 0.1) is 0 Å². The number of carbonyl (C=O) groups excluding carboxylic acids is 1. The molecule has 1 aromatic heterocycles. The zero-order chi connectivity index (χ0) is 14.4. The van der Waals surface area contributed by atoms with Gasteiger partial charge < -0.3 is 4.74 Å². The first-order chi connectivity index (χ1) is 10.3. The van der Waals surface area contributed by atoms with E-state index in [1.165, 1.54) is 18.2 Å². The number of ether oxygens (including phenoxy) is 1. The fourth-order valence-corrected chi connectivity index (χ4v) is 3.06. The molecule has 21 heavy (non-hydrogen) atoms. The van der Waals surface area contributed by atoms with E-state index in [1.807, 2.05) is 24.4 Å². The fourth-order valence-electron chi connectivity index (χ4n) is 3.06. The van der Waals surface area contributed by atoms with Gasteiger partial charge in [-0.3, -0.25) is 4.98 Å². The Morgan fingerprint density at radius 3 is 2.95 bits per heavy atom. The van der Waals surface area contributed by atoms with Crippen molar-refractivity contribution in [1.29, 1.82) is 0 Å². The van der Waals surface area contributed by atoms with Gasteiger partial charge in [-0.2, -0.15) is 0 Å². The zero-order valence-electron chi connectivity index (χ0n) is 11.6. The molecule has 0 fully saturated rings. The van der Waals surface area contributed by atoms with Crippen molar-refractivity contribution in [3.63, 3.8) is 0 Å². The predicted molar refractivity (Wildman–Crippen MR) is 80.8 cm³/mol. The fraction of sp³-hybridized carbons (Fsp3) is 0.111. The second-order valence-electron chi connectivity index (χ2n) is 5.21. The molecular weight excluding hydrogens is 262 g/mol. The molecular formula is C18H13NO2. The summed E-state index contributed by atoms with van der Waals surface area (Å²) in [6, 6.07) is 9.85. The molecule has 1 aromatic carbocycles. The summed E-state index contributed by atoms with van der Waals surface area (Å²) < 4.78 is 4.88. The lowest BCUT2D eigenvalue weighted by Crippen LogP contribution is -2.30. The first-order valence-corrected chi connectivity index (χ1v) is 6.86. The van der Waals surface area contributed by atoms with Gasteiger partial charge >= 0.3 is 5.97 Å². The van der Waals surface area contributed by atoms with Crippen molar-refractivity contribution in [3.05, 3.63) is 69.4 Å². The molecule has 0 unspecified atom stereocenters. The maximum atomic E-state index is 11.9. The summed E-state index contributed by atoms with van der Waals surface area (Å²) in [5.74, 6) is -0.293. The van der Waals surface area contributed by atoms with E-state index in [-0.39, 0.29) is 5.97 Å². The van der Waals surface area contributed by atoms with Gasteiger partial charge in [-0.05, 0) is 51.4 Å². The third-order valence-corrected chi connectivity index (χ3v) is 4.07. The van der Waals surface area contributed by atoms with Gasteiger partial charge in [0.2, 0.25) is 0 Å². The van der Waals surface area contributed by atoms with Crippen LogP contribution in [0.25, 0.3) is 17.7 Å². The molecule has 1 heterocycles. The number of hydrogen-bond acceptors (Lipinski definition) is 3. The summed E-state index contributed by atoms with van der Waals surface area (Å²) >= 11 is 0. The maximum Gasteiger partial charge on any atom is 0.338 e. The van der Waals surface area contributed by atoms with Gasteiger partial charge in [0.25, 0.3) is 0 Å². The van der Waals surface area contributed by atoms with E-state index >= 15 is 0 Å². The van der Waals surface area contributed by atoms with Crippen LogP contribution in [-0.2, 0) is 11.2 Å². The topological polar surface area (TPSA) is 39.2 Å². The molecule has 2 aromatic rings. The number of pyridine rings is 1. The molecule has 0 amide bonds. The van der Waals surface area contributed by atoms with Crippen LogP contribution in [0.1, 0.15) is 21.6 Å². The molecule has 2 aliphatic carbocycles. The lowest BCUT2D eigenvalue weighted by Gasteiger charge is -2.14. The van der Waals surface area contributed by atoms with E-state index in [1.54, 1.807) is 0 Å². The van der Waals surface area contributed by atoms with E-state index in [4.69, 9.17) is 4.74 Å². The number of carbonyl (C=O) groups is 1. The minimum atomic E-state index is -0.293. The molecule has 3 nitrogen and oxygen atoms in total. The number of allylic oxidation sites excluding steroid dienone is 1. The Labute approximate surface area is 121 Å². The molecule has 3 heteroatoms. The van der Waals surface area contributed by atoms with Crippen LogP contribution in [0.3, 0.4) is 0 Å². The Kier molecular flexibility index (Phi) is 2.54. The summed E-state index contributed by atoms with van der Waals surface area (Å²) in [5, 5.41) is 2.08. The van der Waals surface area contributed by atoms with E-state index in [9.17, 15) is 4.79 Å². The Balaban J connectivity index is 2.01. The largest absolute Gasteiger partial charge is 0.465 e. The second-order valence-corrected chi connectivity index (χ2v) is 5.21. The number of hydrogen-bond donors (Lipinski definition) is 0. The van der Waals surface area contributed by atoms with Gasteiger partial charge in [-0.1, -0.05) is 18.2 Å². The number of aromatic nitrogens is 1. The van der Waals surface area contributed by atoms with E-state index < -0.39 is 0 Å². The van der Waals surface area contributed by atoms with Gasteiger partial charge in [0.15, 0.2) is 0 Å². The first-order valence-electron chi connectivity index (χ1n) is 6.86. The summed E-state index contributed by atoms with van der Waals surface area (Å²) in [6.07, 6.45) is 6.82. The molecule has 0 aliphatic heterocycles. The van der Waals surface area contributed by atoms with Crippen molar-refractivity contribution in [2.75, 3.05) is 7.11 Å². The molecule has 0 saturated heterocycles. The molecule has 0 radical (unpaired) electrons. The third kappa shape index (κ3) is 1.74. The Morgan fingerprint density at radius 1 is 1.19 bits per heavy atom. The Hall–Kier alpha value is -2.68. The van der Waals surface area contributed by atoms with Gasteiger partial charge in [-0.15, -0.1) is 0 Å². The van der Waals surface area contributed by atoms with Gasteiger partial charge in [0.1, 0.15) is 0 Å². The summed E-state index contributed by atoms with van der Waals surface area (Å²) in [6.45, 7) is 0. The number of rotatable bonds is 1. The smallest absolute Gasteiger partial charge is 0.338 e. The van der Waals surface area contributed by atoms with E-state index in [2.05, 4.69) is 29.3 Å². The highest BCUT2D eigenvalue weighted by Crippen LogP contribution is 2.29. The van der Waals surface area contributed by atoms with Crippen molar-refractivity contribution in [2.45, 2.75) is 6.42 Å². The average Bonchev–Trinajstić information content (AvgIpc) is 2.89. The molecule has 2 aliphatic rings. The number of nitrogens with zero attached hydrogens (tertiary/aromatic N) is 1. The minimum absolute atomic E-state index is 0.293. The molecule has 102 valence electrons. The van der Waals surface area contributed by atoms with Crippen LogP contribution in [-0.4, -0.2) is 18.1 Å². The number of benzene rings is 1. The maximum absolute atomic E-state index is 11.9. The number of esters is 1. The van der Waals surface area contributed by atoms with Gasteiger partial charge in [-0.25, -0.2) is 4.79 Å². The lowest BCUT2D eigenvalue weighted by atomic mass is 9.92. The normalized spacial score (nSPS) is 14.5.